The third-order valence-corrected chi connectivity index (χ3v) is 12.8. The molecule has 0 unspecified atom stereocenters. The number of ether oxygens (including phenoxy) is 1. The maximum atomic E-state index is 9.09. The van der Waals surface area contributed by atoms with E-state index < -0.39 is 60.4 Å². The van der Waals surface area contributed by atoms with Gasteiger partial charge in [-0.3, -0.25) is 9.55 Å². The summed E-state index contributed by atoms with van der Waals surface area (Å²) in [6.45, 7) is 6.53. The number of pyridine rings is 2. The molecule has 8 aromatic carbocycles. The first-order valence-corrected chi connectivity index (χ1v) is 22.7. The van der Waals surface area contributed by atoms with Gasteiger partial charge in [0.15, 0.2) is 0 Å². The number of para-hydroxylation sites is 5. The number of rotatable bonds is 8. The molecular formula is C63H44N6OPt-2. The summed E-state index contributed by atoms with van der Waals surface area (Å²) in [5, 5.41) is 4.07. The van der Waals surface area contributed by atoms with Crippen LogP contribution in [-0.2, 0) is 26.5 Å². The number of benzene rings is 8. The molecule has 0 aliphatic heterocycles. The Balaban J connectivity index is 0.00000651. The quantitative estimate of drug-likeness (QED) is 0.113. The van der Waals surface area contributed by atoms with E-state index in [9.17, 15) is 0 Å². The van der Waals surface area contributed by atoms with Crippen LogP contribution >= 0.6 is 0 Å². The van der Waals surface area contributed by atoms with Crippen LogP contribution in [0.5, 0.6) is 11.5 Å². The monoisotopic (exact) mass is 1110 g/mol. The number of nitrogens with zero attached hydrogens (tertiary/aromatic N) is 6. The molecule has 5 aromatic heterocycles. The second-order valence-corrected chi connectivity index (χ2v) is 18.0. The van der Waals surface area contributed by atoms with Crippen molar-refractivity contribution in [2.75, 3.05) is 0 Å². The fraction of sp³-hybridized carbons (Fsp3) is 0.0635. The molecule has 0 amide bonds. The first-order chi connectivity index (χ1) is 38.5. The van der Waals surface area contributed by atoms with Crippen molar-refractivity contribution in [3.8, 4) is 56.6 Å². The number of hydrogen-bond donors (Lipinski definition) is 0. The normalized spacial score (nSPS) is 13.7. The van der Waals surface area contributed by atoms with Crippen molar-refractivity contribution in [3.05, 3.63) is 236 Å². The summed E-state index contributed by atoms with van der Waals surface area (Å²) < 4.78 is 103. The summed E-state index contributed by atoms with van der Waals surface area (Å²) in [5.74, 6) is 1.44. The molecule has 8 heteroatoms. The molecule has 13 rings (SSSR count). The van der Waals surface area contributed by atoms with Gasteiger partial charge in [-0.1, -0.05) is 171 Å². The van der Waals surface area contributed by atoms with Crippen molar-refractivity contribution in [1.29, 1.82) is 0 Å². The Kier molecular flexibility index (Phi) is 8.40. The third kappa shape index (κ3) is 7.44. The standard InChI is InChI=1S/C63H44N6O.Pt/c1-63(2,3)44-33-34-65-61(35-44)69-55-30-15-12-27-49(55)50-37-59(68-53-28-13-10-25-47(53)48-26-11-14-29-54(48)68)60(38-58(50)69)70-46-24-18-23-45(36-46)66-41-67(57-32-17-16-31-56(57)66)62-51(42-19-6-4-7-20-42)39-64-40-52(62)43-21-8-5-9-22-43;/h4-35,37,39-40H,1-3H3;/q-2;/i4D,5D,6D,7D,8D,9D,19D,20D,21D,22D;. The minimum atomic E-state index is -0.599. The Hall–Kier alpha value is -8.38. The van der Waals surface area contributed by atoms with Crippen LogP contribution in [0.2, 0.25) is 0 Å². The molecule has 71 heavy (non-hydrogen) atoms. The van der Waals surface area contributed by atoms with E-state index >= 15 is 0 Å². The molecular weight excluding hydrogens is 1050 g/mol. The van der Waals surface area contributed by atoms with E-state index in [0.717, 1.165) is 60.7 Å². The summed E-state index contributed by atoms with van der Waals surface area (Å²) in [7, 11) is 0. The van der Waals surface area contributed by atoms with Gasteiger partial charge in [0, 0.05) is 89.6 Å². The van der Waals surface area contributed by atoms with Gasteiger partial charge in [-0.05, 0) is 69.2 Å². The predicted octanol–water partition coefficient (Wildman–Crippen LogP) is 14.7. The predicted molar refractivity (Wildman–Crippen MR) is 282 cm³/mol. The first kappa shape index (κ1) is 34.0. The zero-order valence-corrected chi connectivity index (χ0v) is 40.6. The minimum absolute atomic E-state index is 0. The minimum Gasteiger partial charge on any atom is -0.508 e. The summed E-state index contributed by atoms with van der Waals surface area (Å²) in [6, 6.07) is 45.5. The largest absolute Gasteiger partial charge is 0.508 e. The zero-order chi connectivity index (χ0) is 55.6. The van der Waals surface area contributed by atoms with Gasteiger partial charge >= 0.3 is 0 Å². The fourth-order valence-electron chi connectivity index (χ4n) is 9.55. The average molecular weight is 1110 g/mol. The summed E-state index contributed by atoms with van der Waals surface area (Å²) in [4.78, 5) is 9.37. The number of fused-ring (bicyclic) bond motifs is 7. The van der Waals surface area contributed by atoms with Crippen LogP contribution in [0, 0.1) is 18.5 Å². The van der Waals surface area contributed by atoms with Crippen LogP contribution in [0.25, 0.3) is 99.8 Å². The maximum Gasteiger partial charge on any atom is 0.268 e. The molecule has 0 bridgehead atoms. The molecule has 344 valence electrons. The molecule has 0 saturated carbocycles. The SMILES string of the molecule is [2H]c1c([2H])c([2H])c(-c2cncc(-c3c([2H])c([2H])c([2H])c([2H])c3[2H])c2-[n+]2[c-]n(-c3[c-]c(Oc4[c-]c5c(cc4-n4c6ccccc6c6ccccc64)c4ccccc4n5-c4cc(C(C)(C)C)ccn4)ccc3)c3ccccc32)c([2H])c1[2H].[Pt]. The molecule has 0 aliphatic rings. The van der Waals surface area contributed by atoms with Gasteiger partial charge in [-0.2, -0.15) is 12.1 Å². The van der Waals surface area contributed by atoms with E-state index in [-0.39, 0.29) is 54.4 Å². The number of hydrogen-bond acceptors (Lipinski definition) is 3. The first-order valence-electron chi connectivity index (χ1n) is 27.7. The van der Waals surface area contributed by atoms with Crippen LogP contribution in [0.4, 0.5) is 0 Å². The van der Waals surface area contributed by atoms with Crippen molar-refractivity contribution < 1.29 is 44.1 Å². The van der Waals surface area contributed by atoms with Crippen LogP contribution in [0.15, 0.2) is 212 Å². The third-order valence-electron chi connectivity index (χ3n) is 12.8. The van der Waals surface area contributed by atoms with E-state index in [1.54, 1.807) is 27.3 Å². The van der Waals surface area contributed by atoms with Gasteiger partial charge in [0.1, 0.15) is 5.82 Å². The topological polar surface area (TPSA) is 53.7 Å². The molecule has 0 N–H and O–H groups in total. The van der Waals surface area contributed by atoms with Crippen LogP contribution in [0.3, 0.4) is 0 Å². The summed E-state index contributed by atoms with van der Waals surface area (Å²) in [5.41, 5.74) is 6.55. The van der Waals surface area contributed by atoms with Crippen molar-refractivity contribution in [3.63, 3.8) is 0 Å². The smallest absolute Gasteiger partial charge is 0.268 e. The van der Waals surface area contributed by atoms with Gasteiger partial charge in [0.05, 0.1) is 30.4 Å². The van der Waals surface area contributed by atoms with Gasteiger partial charge < -0.3 is 18.4 Å². The van der Waals surface area contributed by atoms with Gasteiger partial charge in [0.25, 0.3) is 6.33 Å². The van der Waals surface area contributed by atoms with Crippen molar-refractivity contribution in [2.45, 2.75) is 26.2 Å². The summed E-state index contributed by atoms with van der Waals surface area (Å²) >= 11 is 0. The van der Waals surface area contributed by atoms with Gasteiger partial charge in [0.2, 0.25) is 0 Å². The second-order valence-electron chi connectivity index (χ2n) is 18.0. The Morgan fingerprint density at radius 3 is 1.80 bits per heavy atom. The van der Waals surface area contributed by atoms with Crippen molar-refractivity contribution in [2.24, 2.45) is 0 Å². The molecule has 0 atom stereocenters. The Bertz CT molecular complexity index is 4580. The molecule has 0 aliphatic carbocycles. The molecule has 13 aromatic rings. The Morgan fingerprint density at radius 1 is 0.592 bits per heavy atom. The zero-order valence-electron chi connectivity index (χ0n) is 48.3. The fourth-order valence-corrected chi connectivity index (χ4v) is 9.55. The number of imidazole rings is 1. The molecule has 0 saturated heterocycles. The van der Waals surface area contributed by atoms with Crippen LogP contribution in [-0.4, -0.2) is 23.7 Å². The molecule has 0 radical (unpaired) electrons. The summed E-state index contributed by atoms with van der Waals surface area (Å²) in [6.07, 6.45) is 7.96. The average Bonchev–Trinajstić information content (AvgIpc) is 4.36. The molecule has 5 heterocycles. The number of aromatic nitrogens is 6. The van der Waals surface area contributed by atoms with Gasteiger partial charge in [-0.25, -0.2) is 4.98 Å². The Morgan fingerprint density at radius 2 is 1.17 bits per heavy atom. The van der Waals surface area contributed by atoms with E-state index in [0.29, 0.717) is 28.2 Å². The van der Waals surface area contributed by atoms with Crippen molar-refractivity contribution in [1.82, 2.24) is 23.7 Å². The van der Waals surface area contributed by atoms with E-state index in [1.165, 1.54) is 12.4 Å². The van der Waals surface area contributed by atoms with Crippen LogP contribution in [0.1, 0.15) is 40.0 Å². The Labute approximate surface area is 439 Å². The van der Waals surface area contributed by atoms with Crippen molar-refractivity contribution >= 4 is 54.6 Å². The maximum absolute atomic E-state index is 9.09. The molecule has 0 spiro atoms. The van der Waals surface area contributed by atoms with E-state index in [4.69, 9.17) is 23.4 Å². The van der Waals surface area contributed by atoms with Gasteiger partial charge in [-0.15, -0.1) is 24.3 Å². The molecule has 7 nitrogen and oxygen atoms in total. The van der Waals surface area contributed by atoms with E-state index in [2.05, 4.69) is 102 Å². The second kappa shape index (κ2) is 17.5. The van der Waals surface area contributed by atoms with Crippen LogP contribution < -0.4 is 9.30 Å². The van der Waals surface area contributed by atoms with E-state index in [1.807, 2.05) is 72.9 Å². The molecule has 0 fully saturated rings.